The fraction of sp³-hybridized carbons (Fsp3) is 0.774. The second-order valence-electron chi connectivity index (χ2n) is 16.3. The van der Waals surface area contributed by atoms with E-state index in [0.717, 1.165) is 83.5 Å². The third-order valence-electron chi connectivity index (χ3n) is 10.5. The van der Waals surface area contributed by atoms with Crippen molar-refractivity contribution in [2.45, 2.75) is 245 Å². The summed E-state index contributed by atoms with van der Waals surface area (Å²) in [6, 6.07) is 0. The van der Waals surface area contributed by atoms with Crippen LogP contribution in [0.1, 0.15) is 239 Å². The van der Waals surface area contributed by atoms with E-state index in [-0.39, 0.29) is 25.2 Å². The van der Waals surface area contributed by atoms with E-state index in [4.69, 9.17) is 14.2 Å². The van der Waals surface area contributed by atoms with Gasteiger partial charge in [-0.3, -0.25) is 9.59 Å². The molecule has 5 heteroatoms. The molecule has 0 aliphatic heterocycles. The monoisotopic (exact) mass is 811 g/mol. The third kappa shape index (κ3) is 46.3. The van der Waals surface area contributed by atoms with E-state index in [1.54, 1.807) is 0 Å². The van der Waals surface area contributed by atoms with Crippen LogP contribution in [0.3, 0.4) is 0 Å². The molecule has 58 heavy (non-hydrogen) atoms. The Morgan fingerprint density at radius 2 is 0.793 bits per heavy atom. The minimum atomic E-state index is -0.546. The van der Waals surface area contributed by atoms with Crippen LogP contribution in [0, 0.1) is 0 Å². The smallest absolute Gasteiger partial charge is 0.306 e. The van der Waals surface area contributed by atoms with E-state index in [2.05, 4.69) is 81.5 Å². The van der Waals surface area contributed by atoms with Crippen LogP contribution >= 0.6 is 0 Å². The lowest BCUT2D eigenvalue weighted by atomic mass is 10.1. The van der Waals surface area contributed by atoms with Gasteiger partial charge in [-0.05, 0) is 96.3 Å². The lowest BCUT2D eigenvalue weighted by Crippen LogP contribution is -2.30. The maximum atomic E-state index is 12.7. The molecule has 0 N–H and O–H groups in total. The first-order valence-electron chi connectivity index (χ1n) is 24.8. The molecular weight excluding hydrogens is 717 g/mol. The first-order chi connectivity index (χ1) is 28.6. The molecule has 0 fully saturated rings. The summed E-state index contributed by atoms with van der Waals surface area (Å²) in [4.78, 5) is 25.3. The van der Waals surface area contributed by atoms with Crippen LogP contribution in [0.2, 0.25) is 0 Å². The van der Waals surface area contributed by atoms with Crippen molar-refractivity contribution in [1.29, 1.82) is 0 Å². The third-order valence-corrected chi connectivity index (χ3v) is 10.5. The summed E-state index contributed by atoms with van der Waals surface area (Å²) in [5.74, 6) is -0.420. The number of allylic oxidation sites excluding steroid dienone is 10. The van der Waals surface area contributed by atoms with Gasteiger partial charge in [0.05, 0.1) is 6.61 Å². The minimum absolute atomic E-state index is 0.0740. The summed E-state index contributed by atoms with van der Waals surface area (Å²) in [7, 11) is 0. The van der Waals surface area contributed by atoms with E-state index >= 15 is 0 Å². The molecule has 0 saturated heterocycles. The van der Waals surface area contributed by atoms with Crippen molar-refractivity contribution in [2.75, 3.05) is 19.8 Å². The molecule has 0 rings (SSSR count). The van der Waals surface area contributed by atoms with Gasteiger partial charge in [-0.25, -0.2) is 0 Å². The fourth-order valence-corrected chi connectivity index (χ4v) is 6.79. The molecule has 0 heterocycles. The molecule has 0 amide bonds. The fourth-order valence-electron chi connectivity index (χ4n) is 6.79. The van der Waals surface area contributed by atoms with Crippen molar-refractivity contribution in [3.8, 4) is 0 Å². The largest absolute Gasteiger partial charge is 0.462 e. The molecule has 0 spiro atoms. The van der Waals surface area contributed by atoms with E-state index in [9.17, 15) is 9.59 Å². The van der Waals surface area contributed by atoms with Crippen LogP contribution in [0.25, 0.3) is 0 Å². The number of hydrogen-bond acceptors (Lipinski definition) is 5. The Labute approximate surface area is 360 Å². The Balaban J connectivity index is 4.26. The van der Waals surface area contributed by atoms with E-state index in [1.165, 1.54) is 122 Å². The standard InChI is InChI=1S/C53H94O5/c1-4-7-10-13-16-19-22-24-26-27-28-29-32-34-37-40-43-46-52(54)57-50-51(58-53(55)47-44-41-38-35-31-21-18-15-12-9-6-3)49-56-48-45-42-39-36-33-30-25-23-20-17-14-11-8-5-2/h7,10,15-16,18-20,23-24,26,51H,4-6,8-9,11-14,17,21-22,25,27-50H2,1-3H3/b10-7-,18-15-,19-16-,23-20-,26-24-. The Bertz CT molecular complexity index is 1010. The van der Waals surface area contributed by atoms with Gasteiger partial charge < -0.3 is 14.2 Å². The summed E-state index contributed by atoms with van der Waals surface area (Å²) < 4.78 is 17.3. The number of rotatable bonds is 45. The first kappa shape index (κ1) is 55.6. The zero-order valence-electron chi connectivity index (χ0n) is 38.6. The van der Waals surface area contributed by atoms with Gasteiger partial charge in [0.2, 0.25) is 0 Å². The van der Waals surface area contributed by atoms with Crippen LogP contribution in [0.15, 0.2) is 60.8 Å². The van der Waals surface area contributed by atoms with Crippen molar-refractivity contribution in [3.05, 3.63) is 60.8 Å². The van der Waals surface area contributed by atoms with Gasteiger partial charge in [0, 0.05) is 19.4 Å². The molecule has 0 saturated carbocycles. The van der Waals surface area contributed by atoms with E-state index in [0.29, 0.717) is 19.4 Å². The highest BCUT2D eigenvalue weighted by Gasteiger charge is 2.17. The summed E-state index contributed by atoms with van der Waals surface area (Å²) in [6.45, 7) is 7.65. The van der Waals surface area contributed by atoms with Gasteiger partial charge in [-0.1, -0.05) is 191 Å². The Morgan fingerprint density at radius 3 is 1.31 bits per heavy atom. The van der Waals surface area contributed by atoms with Gasteiger partial charge in [-0.2, -0.15) is 0 Å². The number of carbonyl (C=O) groups excluding carboxylic acids is 2. The number of ether oxygens (including phenoxy) is 3. The highest BCUT2D eigenvalue weighted by atomic mass is 16.6. The number of carbonyl (C=O) groups is 2. The van der Waals surface area contributed by atoms with Gasteiger partial charge in [0.15, 0.2) is 6.10 Å². The minimum Gasteiger partial charge on any atom is -0.462 e. The van der Waals surface area contributed by atoms with Gasteiger partial charge >= 0.3 is 11.9 Å². The predicted molar refractivity (Wildman–Crippen MR) is 251 cm³/mol. The van der Waals surface area contributed by atoms with Crippen LogP contribution in [-0.4, -0.2) is 37.9 Å². The quantitative estimate of drug-likeness (QED) is 0.0348. The molecular formula is C53H94O5. The topological polar surface area (TPSA) is 61.8 Å². The maximum Gasteiger partial charge on any atom is 0.306 e. The molecule has 1 unspecified atom stereocenters. The average Bonchev–Trinajstić information content (AvgIpc) is 3.22. The highest BCUT2D eigenvalue weighted by Crippen LogP contribution is 2.14. The van der Waals surface area contributed by atoms with Crippen LogP contribution in [0.5, 0.6) is 0 Å². The molecule has 0 aromatic rings. The van der Waals surface area contributed by atoms with E-state index < -0.39 is 6.10 Å². The average molecular weight is 811 g/mol. The van der Waals surface area contributed by atoms with Gasteiger partial charge in [0.25, 0.3) is 0 Å². The molecule has 0 radical (unpaired) electrons. The zero-order valence-corrected chi connectivity index (χ0v) is 38.6. The molecule has 0 aromatic heterocycles. The predicted octanol–water partition coefficient (Wildman–Crippen LogP) is 16.6. The molecule has 0 aromatic carbocycles. The molecule has 336 valence electrons. The van der Waals surface area contributed by atoms with Crippen LogP contribution in [-0.2, 0) is 23.8 Å². The number of hydrogen-bond donors (Lipinski definition) is 0. The number of esters is 2. The van der Waals surface area contributed by atoms with Crippen molar-refractivity contribution in [2.24, 2.45) is 0 Å². The van der Waals surface area contributed by atoms with Crippen molar-refractivity contribution in [3.63, 3.8) is 0 Å². The SMILES string of the molecule is CC/C=C\C/C=C\C/C=C\CCCCCCCCCC(=O)OCC(COCCCCCCCC/C=C\CCCCCC)OC(=O)CCCCCCC/C=C\CCCC. The normalized spacial score (nSPS) is 12.7. The van der Waals surface area contributed by atoms with Crippen LogP contribution < -0.4 is 0 Å². The Kier molecular flexibility index (Phi) is 46.9. The molecule has 0 aliphatic rings. The Morgan fingerprint density at radius 1 is 0.397 bits per heavy atom. The summed E-state index contributed by atoms with van der Waals surface area (Å²) >= 11 is 0. The second kappa shape index (κ2) is 49.0. The molecule has 0 aliphatic carbocycles. The van der Waals surface area contributed by atoms with Crippen molar-refractivity contribution < 1.29 is 23.8 Å². The lowest BCUT2D eigenvalue weighted by molar-refractivity contribution is -0.163. The van der Waals surface area contributed by atoms with Gasteiger partial charge in [0.1, 0.15) is 6.61 Å². The Hall–Kier alpha value is -2.40. The molecule has 1 atom stereocenters. The maximum absolute atomic E-state index is 12.7. The van der Waals surface area contributed by atoms with Crippen LogP contribution in [0.4, 0.5) is 0 Å². The zero-order chi connectivity index (χ0) is 42.1. The van der Waals surface area contributed by atoms with Crippen molar-refractivity contribution >= 4 is 11.9 Å². The summed E-state index contributed by atoms with van der Waals surface area (Å²) in [6.07, 6.45) is 60.8. The number of unbranched alkanes of at least 4 members (excludes halogenated alkanes) is 24. The second-order valence-corrected chi connectivity index (χ2v) is 16.3. The van der Waals surface area contributed by atoms with Crippen molar-refractivity contribution in [1.82, 2.24) is 0 Å². The first-order valence-corrected chi connectivity index (χ1v) is 24.8. The van der Waals surface area contributed by atoms with Gasteiger partial charge in [-0.15, -0.1) is 0 Å². The summed E-state index contributed by atoms with van der Waals surface area (Å²) in [5.41, 5.74) is 0. The molecule has 5 nitrogen and oxygen atoms in total. The molecule has 0 bridgehead atoms. The van der Waals surface area contributed by atoms with E-state index in [1.807, 2.05) is 0 Å². The highest BCUT2D eigenvalue weighted by molar-refractivity contribution is 5.70. The summed E-state index contributed by atoms with van der Waals surface area (Å²) in [5, 5.41) is 0. The lowest BCUT2D eigenvalue weighted by Gasteiger charge is -2.18.